The van der Waals surface area contributed by atoms with E-state index in [-0.39, 0.29) is 12.1 Å². The van der Waals surface area contributed by atoms with Crippen molar-refractivity contribution in [1.29, 1.82) is 0 Å². The third-order valence-corrected chi connectivity index (χ3v) is 1.94. The van der Waals surface area contributed by atoms with Gasteiger partial charge in [0.15, 0.2) is 0 Å². The molecule has 1 aliphatic heterocycles. The molecular weight excluding hydrogens is 132 g/mol. The van der Waals surface area contributed by atoms with Crippen LogP contribution in [0.25, 0.3) is 0 Å². The highest BCUT2D eigenvalue weighted by atomic mass is 16.3. The van der Waals surface area contributed by atoms with Crippen molar-refractivity contribution in [2.75, 3.05) is 6.54 Å². The predicted octanol–water partition coefficient (Wildman–Crippen LogP) is 0.513. The minimum atomic E-state index is -0.359. The molecule has 58 valence electrons. The first-order valence-electron chi connectivity index (χ1n) is 3.56. The van der Waals surface area contributed by atoms with E-state index in [0.29, 0.717) is 13.0 Å². The van der Waals surface area contributed by atoms with Crippen molar-refractivity contribution < 1.29 is 5.11 Å². The second kappa shape index (κ2) is 2.96. The summed E-state index contributed by atoms with van der Waals surface area (Å²) in [5.41, 5.74) is 0. The van der Waals surface area contributed by atoms with Crippen LogP contribution in [0.15, 0.2) is 5.29 Å². The van der Waals surface area contributed by atoms with Crippen LogP contribution in [-0.2, 0) is 0 Å². The lowest BCUT2D eigenvalue weighted by atomic mass is 10.1. The molecule has 1 rings (SSSR count). The molecule has 2 atom stereocenters. The predicted molar refractivity (Wildman–Crippen MR) is 37.2 cm³/mol. The van der Waals surface area contributed by atoms with Crippen LogP contribution in [0, 0.1) is 4.91 Å². The highest BCUT2D eigenvalue weighted by Gasteiger charge is 2.29. The van der Waals surface area contributed by atoms with E-state index in [2.05, 4.69) is 5.29 Å². The van der Waals surface area contributed by atoms with Crippen molar-refractivity contribution >= 4 is 0 Å². The van der Waals surface area contributed by atoms with E-state index in [1.165, 1.54) is 5.01 Å². The number of β-amino-alcohol motifs (C(OH)–C–C–N with tert-alkyl or cyclic N) is 1. The van der Waals surface area contributed by atoms with Gasteiger partial charge >= 0.3 is 0 Å². The van der Waals surface area contributed by atoms with Gasteiger partial charge in [-0.2, -0.15) is 0 Å². The maximum Gasteiger partial charge on any atom is 0.0753 e. The van der Waals surface area contributed by atoms with Crippen molar-refractivity contribution in [2.24, 2.45) is 5.29 Å². The monoisotopic (exact) mass is 144 g/mol. The SMILES string of the molecule is CCC1CC(O)CN1N=O. The Morgan fingerprint density at radius 2 is 2.50 bits per heavy atom. The maximum atomic E-state index is 10.1. The summed E-state index contributed by atoms with van der Waals surface area (Å²) >= 11 is 0. The third-order valence-electron chi connectivity index (χ3n) is 1.94. The number of rotatable bonds is 2. The van der Waals surface area contributed by atoms with Crippen LogP contribution in [0.4, 0.5) is 0 Å². The zero-order valence-corrected chi connectivity index (χ0v) is 6.03. The van der Waals surface area contributed by atoms with Gasteiger partial charge in [-0.3, -0.25) is 5.01 Å². The molecule has 4 heteroatoms. The number of hydrogen-bond donors (Lipinski definition) is 1. The highest BCUT2D eigenvalue weighted by molar-refractivity contribution is 4.81. The summed E-state index contributed by atoms with van der Waals surface area (Å²) in [7, 11) is 0. The van der Waals surface area contributed by atoms with Crippen LogP contribution in [0.5, 0.6) is 0 Å². The molecule has 4 nitrogen and oxygen atoms in total. The van der Waals surface area contributed by atoms with Crippen molar-refractivity contribution in [2.45, 2.75) is 31.9 Å². The largest absolute Gasteiger partial charge is 0.391 e. The number of aliphatic hydroxyl groups excluding tert-OH is 1. The normalized spacial score (nSPS) is 32.8. The Morgan fingerprint density at radius 3 is 2.90 bits per heavy atom. The van der Waals surface area contributed by atoms with E-state index < -0.39 is 0 Å². The van der Waals surface area contributed by atoms with Gasteiger partial charge in [-0.05, 0) is 12.8 Å². The van der Waals surface area contributed by atoms with Gasteiger partial charge in [-0.15, -0.1) is 4.91 Å². The molecule has 1 aliphatic rings. The van der Waals surface area contributed by atoms with Gasteiger partial charge in [0, 0.05) is 0 Å². The molecule has 0 saturated carbocycles. The van der Waals surface area contributed by atoms with E-state index in [1.807, 2.05) is 6.92 Å². The molecule has 1 saturated heterocycles. The van der Waals surface area contributed by atoms with Crippen LogP contribution >= 0.6 is 0 Å². The van der Waals surface area contributed by atoms with Crippen molar-refractivity contribution in [3.05, 3.63) is 4.91 Å². The molecule has 0 aromatic heterocycles. The quantitative estimate of drug-likeness (QED) is 0.574. The molecule has 10 heavy (non-hydrogen) atoms. The molecule has 0 bridgehead atoms. The van der Waals surface area contributed by atoms with E-state index in [1.54, 1.807) is 0 Å². The van der Waals surface area contributed by atoms with Crippen molar-refractivity contribution in [3.8, 4) is 0 Å². The molecule has 0 amide bonds. The Morgan fingerprint density at radius 1 is 1.80 bits per heavy atom. The lowest BCUT2D eigenvalue weighted by Gasteiger charge is -2.13. The Kier molecular flexibility index (Phi) is 2.21. The molecule has 0 aromatic rings. The number of nitroso groups, excluding NO2 is 1. The maximum absolute atomic E-state index is 10.1. The smallest absolute Gasteiger partial charge is 0.0753 e. The van der Waals surface area contributed by atoms with Crippen LogP contribution in [0.1, 0.15) is 19.8 Å². The fourth-order valence-electron chi connectivity index (χ4n) is 1.35. The van der Waals surface area contributed by atoms with Gasteiger partial charge in [0.25, 0.3) is 0 Å². The van der Waals surface area contributed by atoms with Gasteiger partial charge in [0.1, 0.15) is 0 Å². The summed E-state index contributed by atoms with van der Waals surface area (Å²) < 4.78 is 0. The van der Waals surface area contributed by atoms with Gasteiger partial charge in [0.05, 0.1) is 24.0 Å². The first-order chi connectivity index (χ1) is 4.77. The topological polar surface area (TPSA) is 52.9 Å². The summed E-state index contributed by atoms with van der Waals surface area (Å²) in [4.78, 5) is 10.1. The molecule has 1 heterocycles. The molecule has 0 radical (unpaired) electrons. The zero-order chi connectivity index (χ0) is 7.56. The first-order valence-corrected chi connectivity index (χ1v) is 3.56. The number of hydrogen-bond acceptors (Lipinski definition) is 3. The molecule has 0 spiro atoms. The van der Waals surface area contributed by atoms with Crippen molar-refractivity contribution in [1.82, 2.24) is 5.01 Å². The zero-order valence-electron chi connectivity index (χ0n) is 6.03. The molecule has 1 fully saturated rings. The summed E-state index contributed by atoms with van der Waals surface area (Å²) in [6.07, 6.45) is 1.20. The van der Waals surface area contributed by atoms with Crippen LogP contribution in [0.2, 0.25) is 0 Å². The lowest BCUT2D eigenvalue weighted by molar-refractivity contribution is 0.176. The Labute approximate surface area is 59.8 Å². The number of aliphatic hydroxyl groups is 1. The molecule has 0 aliphatic carbocycles. The summed E-state index contributed by atoms with van der Waals surface area (Å²) in [5.74, 6) is 0. The third kappa shape index (κ3) is 1.26. The van der Waals surface area contributed by atoms with Crippen LogP contribution < -0.4 is 0 Å². The van der Waals surface area contributed by atoms with E-state index >= 15 is 0 Å². The second-order valence-corrected chi connectivity index (χ2v) is 2.66. The minimum Gasteiger partial charge on any atom is -0.391 e. The van der Waals surface area contributed by atoms with Crippen molar-refractivity contribution in [3.63, 3.8) is 0 Å². The van der Waals surface area contributed by atoms with Gasteiger partial charge in [-0.25, -0.2) is 0 Å². The Balaban J connectivity index is 2.48. The lowest BCUT2D eigenvalue weighted by Crippen LogP contribution is -2.22. The average molecular weight is 144 g/mol. The van der Waals surface area contributed by atoms with Crippen LogP contribution in [-0.4, -0.2) is 28.8 Å². The minimum absolute atomic E-state index is 0.160. The van der Waals surface area contributed by atoms with Gasteiger partial charge in [0.2, 0.25) is 0 Å². The summed E-state index contributed by atoms with van der Waals surface area (Å²) in [5, 5.41) is 13.3. The second-order valence-electron chi connectivity index (χ2n) is 2.66. The molecule has 1 N–H and O–H groups in total. The molecule has 0 aromatic carbocycles. The fraction of sp³-hybridized carbons (Fsp3) is 1.00. The highest BCUT2D eigenvalue weighted by Crippen LogP contribution is 2.19. The van der Waals surface area contributed by atoms with E-state index in [9.17, 15) is 4.91 Å². The fourth-order valence-corrected chi connectivity index (χ4v) is 1.35. The van der Waals surface area contributed by atoms with E-state index in [0.717, 1.165) is 6.42 Å². The Hall–Kier alpha value is -0.640. The molecular formula is C6H12N2O2. The first kappa shape index (κ1) is 7.47. The molecule has 2 unspecified atom stereocenters. The van der Waals surface area contributed by atoms with Gasteiger partial charge in [-0.1, -0.05) is 6.92 Å². The summed E-state index contributed by atoms with van der Waals surface area (Å²) in [6.45, 7) is 2.39. The van der Waals surface area contributed by atoms with Gasteiger partial charge < -0.3 is 5.11 Å². The standard InChI is InChI=1S/C6H12N2O2/c1-2-5-3-6(9)4-8(5)7-10/h5-6,9H,2-4H2,1H3. The van der Waals surface area contributed by atoms with Crippen LogP contribution in [0.3, 0.4) is 0 Å². The number of nitrogens with zero attached hydrogens (tertiary/aromatic N) is 2. The Bertz CT molecular complexity index is 129. The average Bonchev–Trinajstić information content (AvgIpc) is 2.30. The summed E-state index contributed by atoms with van der Waals surface area (Å²) in [6, 6.07) is 0.160. The van der Waals surface area contributed by atoms with E-state index in [4.69, 9.17) is 5.11 Å².